The molecule has 0 saturated carbocycles. The lowest BCUT2D eigenvalue weighted by Gasteiger charge is -2.13. The number of aromatic nitrogens is 2. The van der Waals surface area contributed by atoms with Crippen molar-refractivity contribution in [2.45, 2.75) is 13.0 Å². The van der Waals surface area contributed by atoms with E-state index in [9.17, 15) is 19.5 Å². The Morgan fingerprint density at radius 2 is 1.82 bits per heavy atom. The Kier molecular flexibility index (Phi) is 5.70. The highest BCUT2D eigenvalue weighted by Crippen LogP contribution is 2.17. The van der Waals surface area contributed by atoms with Crippen molar-refractivity contribution in [2.75, 3.05) is 0 Å². The Balaban J connectivity index is 1.57. The normalized spacial score (nSPS) is 11.5. The molecule has 1 aromatic carbocycles. The first-order chi connectivity index (χ1) is 13.5. The summed E-state index contributed by atoms with van der Waals surface area (Å²) in [5.74, 6) is -2.14. The summed E-state index contributed by atoms with van der Waals surface area (Å²) in [6.07, 6.45) is 1.29. The van der Waals surface area contributed by atoms with E-state index >= 15 is 0 Å². The van der Waals surface area contributed by atoms with Crippen molar-refractivity contribution in [1.29, 1.82) is 0 Å². The molecule has 0 bridgehead atoms. The number of benzene rings is 1. The number of carbonyl (C=O) groups excluding carboxylic acids is 3. The van der Waals surface area contributed by atoms with Gasteiger partial charge in [-0.15, -0.1) is 11.3 Å². The molecular formula is C18H17N5O4S. The van der Waals surface area contributed by atoms with Crippen LogP contribution in [0.15, 0.2) is 54.0 Å². The smallest absolute Gasteiger partial charge is 0.294 e. The first-order valence-electron chi connectivity index (χ1n) is 8.24. The second-order valence-electron chi connectivity index (χ2n) is 5.76. The highest BCUT2D eigenvalue weighted by Gasteiger charge is 2.20. The molecule has 0 aliphatic heterocycles. The third-order valence-electron chi connectivity index (χ3n) is 3.72. The Morgan fingerprint density at radius 1 is 1.07 bits per heavy atom. The van der Waals surface area contributed by atoms with Crippen molar-refractivity contribution >= 4 is 29.1 Å². The lowest BCUT2D eigenvalue weighted by molar-refractivity contribution is -0.123. The third kappa shape index (κ3) is 4.35. The minimum absolute atomic E-state index is 0.251. The maximum Gasteiger partial charge on any atom is 0.294 e. The Morgan fingerprint density at radius 3 is 2.50 bits per heavy atom. The number of para-hydroxylation sites is 1. The molecule has 0 spiro atoms. The van der Waals surface area contributed by atoms with Gasteiger partial charge in [-0.25, -0.2) is 4.68 Å². The summed E-state index contributed by atoms with van der Waals surface area (Å²) >= 11 is 1.25. The van der Waals surface area contributed by atoms with E-state index in [0.717, 1.165) is 0 Å². The predicted molar refractivity (Wildman–Crippen MR) is 102 cm³/mol. The summed E-state index contributed by atoms with van der Waals surface area (Å²) < 4.78 is 1.34. The molecule has 0 fully saturated rings. The number of nitrogens with zero attached hydrogens (tertiary/aromatic N) is 2. The first-order valence-corrected chi connectivity index (χ1v) is 9.12. The van der Waals surface area contributed by atoms with Crippen LogP contribution in [0.3, 0.4) is 0 Å². The average molecular weight is 399 g/mol. The Hall–Kier alpha value is -3.66. The van der Waals surface area contributed by atoms with E-state index in [1.807, 2.05) is 6.07 Å². The fraction of sp³-hybridized carbons (Fsp3) is 0.111. The van der Waals surface area contributed by atoms with E-state index in [1.54, 1.807) is 41.8 Å². The minimum Gasteiger partial charge on any atom is -0.504 e. The van der Waals surface area contributed by atoms with Gasteiger partial charge in [-0.3, -0.25) is 25.2 Å². The summed E-state index contributed by atoms with van der Waals surface area (Å²) in [6.45, 7) is 1.48. The zero-order valence-corrected chi connectivity index (χ0v) is 15.6. The van der Waals surface area contributed by atoms with Crippen molar-refractivity contribution in [3.63, 3.8) is 0 Å². The van der Waals surface area contributed by atoms with Gasteiger partial charge < -0.3 is 10.4 Å². The van der Waals surface area contributed by atoms with Crippen molar-refractivity contribution in [3.8, 4) is 11.4 Å². The molecule has 4 N–H and O–H groups in total. The molecule has 2 aromatic heterocycles. The van der Waals surface area contributed by atoms with Crippen molar-refractivity contribution in [3.05, 3.63) is 64.6 Å². The second-order valence-corrected chi connectivity index (χ2v) is 6.71. The van der Waals surface area contributed by atoms with Gasteiger partial charge in [-0.2, -0.15) is 5.10 Å². The summed E-state index contributed by atoms with van der Waals surface area (Å²) in [5, 5.41) is 18.2. The number of hydrogen-bond acceptors (Lipinski definition) is 6. The van der Waals surface area contributed by atoms with Gasteiger partial charge in [0.15, 0.2) is 11.4 Å². The van der Waals surface area contributed by atoms with Crippen LogP contribution in [0, 0.1) is 0 Å². The number of amides is 3. The van der Waals surface area contributed by atoms with Crippen LogP contribution in [-0.2, 0) is 4.79 Å². The molecule has 0 radical (unpaired) electrons. The molecule has 10 heteroatoms. The molecule has 9 nitrogen and oxygen atoms in total. The van der Waals surface area contributed by atoms with E-state index in [4.69, 9.17) is 0 Å². The van der Waals surface area contributed by atoms with Gasteiger partial charge in [0.05, 0.1) is 16.8 Å². The number of carbonyl (C=O) groups is 3. The first kappa shape index (κ1) is 19.1. The molecule has 0 aliphatic rings. The molecule has 28 heavy (non-hydrogen) atoms. The molecular weight excluding hydrogens is 382 g/mol. The molecule has 144 valence electrons. The largest absolute Gasteiger partial charge is 0.504 e. The summed E-state index contributed by atoms with van der Waals surface area (Å²) in [4.78, 5) is 36.7. The fourth-order valence-electron chi connectivity index (χ4n) is 2.27. The van der Waals surface area contributed by atoms with E-state index in [0.29, 0.717) is 10.6 Å². The maximum atomic E-state index is 12.2. The summed E-state index contributed by atoms with van der Waals surface area (Å²) in [6, 6.07) is 11.4. The molecule has 3 rings (SSSR count). The van der Waals surface area contributed by atoms with E-state index in [-0.39, 0.29) is 17.4 Å². The number of rotatable bonds is 5. The van der Waals surface area contributed by atoms with Gasteiger partial charge in [0.25, 0.3) is 17.7 Å². The van der Waals surface area contributed by atoms with Crippen molar-refractivity contribution in [1.82, 2.24) is 25.9 Å². The summed E-state index contributed by atoms with van der Waals surface area (Å²) in [7, 11) is 0. The van der Waals surface area contributed by atoms with Crippen LogP contribution < -0.4 is 16.2 Å². The molecule has 1 unspecified atom stereocenters. The average Bonchev–Trinajstić information content (AvgIpc) is 3.36. The monoisotopic (exact) mass is 399 g/mol. The van der Waals surface area contributed by atoms with Crippen LogP contribution in [0.5, 0.6) is 5.75 Å². The van der Waals surface area contributed by atoms with Crippen molar-refractivity contribution < 1.29 is 19.5 Å². The van der Waals surface area contributed by atoms with Gasteiger partial charge in [-0.05, 0) is 30.5 Å². The molecule has 0 aliphatic carbocycles. The quantitative estimate of drug-likeness (QED) is 0.480. The number of hydrazine groups is 1. The van der Waals surface area contributed by atoms with Gasteiger partial charge in [0, 0.05) is 0 Å². The van der Waals surface area contributed by atoms with Gasteiger partial charge in [0.2, 0.25) is 0 Å². The van der Waals surface area contributed by atoms with Gasteiger partial charge >= 0.3 is 0 Å². The van der Waals surface area contributed by atoms with Crippen LogP contribution in [-0.4, -0.2) is 38.7 Å². The SMILES string of the molecule is CC(NC(=O)c1cccs1)C(=O)NNC(=O)c1nn(-c2ccccc2)cc1O. The molecule has 3 aromatic rings. The van der Waals surface area contributed by atoms with Crippen LogP contribution in [0.25, 0.3) is 5.69 Å². The van der Waals surface area contributed by atoms with Crippen LogP contribution in [0.2, 0.25) is 0 Å². The van der Waals surface area contributed by atoms with Crippen molar-refractivity contribution in [2.24, 2.45) is 0 Å². The van der Waals surface area contributed by atoms with Gasteiger partial charge in [0.1, 0.15) is 6.04 Å². The minimum atomic E-state index is -0.884. The fourth-order valence-corrected chi connectivity index (χ4v) is 2.89. The maximum absolute atomic E-state index is 12.2. The van der Waals surface area contributed by atoms with Gasteiger partial charge in [-0.1, -0.05) is 24.3 Å². The number of thiophene rings is 1. The van der Waals surface area contributed by atoms with Crippen LogP contribution in [0.4, 0.5) is 0 Å². The predicted octanol–water partition coefficient (Wildman–Crippen LogP) is 1.22. The summed E-state index contributed by atoms with van der Waals surface area (Å²) in [5.41, 5.74) is 4.78. The lowest BCUT2D eigenvalue weighted by atomic mass is 10.3. The Bertz CT molecular complexity index is 985. The standard InChI is InChI=1S/C18H17N5O4S/c1-11(19-17(26)14-8-5-9-28-14)16(25)20-21-18(27)15-13(24)10-23(22-15)12-6-3-2-4-7-12/h2-11,24H,1H3,(H,19,26)(H,20,25)(H,21,27). The number of aromatic hydroxyl groups is 1. The van der Waals surface area contributed by atoms with E-state index in [2.05, 4.69) is 21.3 Å². The highest BCUT2D eigenvalue weighted by atomic mass is 32.1. The molecule has 3 amide bonds. The molecule has 0 saturated heterocycles. The second kappa shape index (κ2) is 8.35. The highest BCUT2D eigenvalue weighted by molar-refractivity contribution is 7.12. The number of hydrogen-bond donors (Lipinski definition) is 4. The van der Waals surface area contributed by atoms with Crippen LogP contribution >= 0.6 is 11.3 Å². The zero-order chi connectivity index (χ0) is 20.1. The topological polar surface area (TPSA) is 125 Å². The Labute approximate surface area is 164 Å². The molecule has 1 atom stereocenters. The zero-order valence-electron chi connectivity index (χ0n) is 14.7. The van der Waals surface area contributed by atoms with E-state index in [1.165, 1.54) is 29.1 Å². The van der Waals surface area contributed by atoms with Crippen LogP contribution in [0.1, 0.15) is 27.1 Å². The third-order valence-corrected chi connectivity index (χ3v) is 4.58. The molecule has 2 heterocycles. The van der Waals surface area contributed by atoms with E-state index < -0.39 is 17.9 Å². The number of nitrogens with one attached hydrogen (secondary N) is 3. The lowest BCUT2D eigenvalue weighted by Crippen LogP contribution is -2.51.